The molecule has 104 valence electrons. The first-order valence-electron chi connectivity index (χ1n) is 7.35. The van der Waals surface area contributed by atoms with Crippen LogP contribution in [0.2, 0.25) is 0 Å². The lowest BCUT2D eigenvalue weighted by Gasteiger charge is -2.29. The molecule has 2 atom stereocenters. The Labute approximate surface area is 120 Å². The zero-order valence-electron chi connectivity index (χ0n) is 11.8. The van der Waals surface area contributed by atoms with Crippen molar-refractivity contribution in [3.05, 3.63) is 65.2 Å². The third-order valence-corrected chi connectivity index (χ3v) is 4.24. The van der Waals surface area contributed by atoms with E-state index in [1.165, 1.54) is 11.1 Å². The standard InChI is InChI=1S/C18H21NO/c1-13(14-6-3-2-4-7-14)19-16-10-11-17-15(12-16)8-5-9-18(17)20/h2-9,13,16,19-20H,10-12H2,1H3/t13-,16?/m0/s1. The quantitative estimate of drug-likeness (QED) is 0.890. The van der Waals surface area contributed by atoms with Crippen LogP contribution in [-0.2, 0) is 12.8 Å². The Bertz CT molecular complexity index is 579. The molecule has 2 N–H and O–H groups in total. The third kappa shape index (κ3) is 2.70. The normalized spacial score (nSPS) is 19.4. The van der Waals surface area contributed by atoms with E-state index in [9.17, 15) is 5.11 Å². The molecule has 0 fully saturated rings. The van der Waals surface area contributed by atoms with E-state index in [1.54, 1.807) is 6.07 Å². The molecule has 0 radical (unpaired) electrons. The highest BCUT2D eigenvalue weighted by atomic mass is 16.3. The van der Waals surface area contributed by atoms with Crippen molar-refractivity contribution >= 4 is 0 Å². The van der Waals surface area contributed by atoms with Crippen molar-refractivity contribution < 1.29 is 5.11 Å². The summed E-state index contributed by atoms with van der Waals surface area (Å²) in [5.74, 6) is 0.456. The van der Waals surface area contributed by atoms with Crippen molar-refractivity contribution in [3.8, 4) is 5.75 Å². The Balaban J connectivity index is 1.69. The Morgan fingerprint density at radius 1 is 1.10 bits per heavy atom. The number of benzene rings is 2. The number of nitrogens with one attached hydrogen (secondary N) is 1. The van der Waals surface area contributed by atoms with Crippen LogP contribution in [0.25, 0.3) is 0 Å². The molecule has 1 aliphatic carbocycles. The van der Waals surface area contributed by atoms with Crippen LogP contribution in [0.1, 0.15) is 36.1 Å². The number of rotatable bonds is 3. The largest absolute Gasteiger partial charge is 0.508 e. The highest BCUT2D eigenvalue weighted by molar-refractivity contribution is 5.41. The fourth-order valence-electron chi connectivity index (χ4n) is 3.12. The highest BCUT2D eigenvalue weighted by Crippen LogP contribution is 2.29. The van der Waals surface area contributed by atoms with Crippen LogP contribution in [0.4, 0.5) is 0 Å². The summed E-state index contributed by atoms with van der Waals surface area (Å²) in [5, 5.41) is 13.6. The monoisotopic (exact) mass is 267 g/mol. The van der Waals surface area contributed by atoms with E-state index in [0.29, 0.717) is 17.8 Å². The predicted molar refractivity (Wildman–Crippen MR) is 81.9 cm³/mol. The van der Waals surface area contributed by atoms with Gasteiger partial charge in [0.05, 0.1) is 0 Å². The number of hydrogen-bond acceptors (Lipinski definition) is 2. The molecule has 0 saturated carbocycles. The Morgan fingerprint density at radius 2 is 1.90 bits per heavy atom. The lowest BCUT2D eigenvalue weighted by atomic mass is 9.87. The zero-order chi connectivity index (χ0) is 13.9. The van der Waals surface area contributed by atoms with E-state index in [-0.39, 0.29) is 0 Å². The number of fused-ring (bicyclic) bond motifs is 1. The summed E-state index contributed by atoms with van der Waals surface area (Å²) < 4.78 is 0. The Morgan fingerprint density at radius 3 is 2.70 bits per heavy atom. The molecule has 2 aromatic carbocycles. The molecule has 0 aliphatic heterocycles. The molecule has 0 spiro atoms. The highest BCUT2D eigenvalue weighted by Gasteiger charge is 2.21. The van der Waals surface area contributed by atoms with E-state index >= 15 is 0 Å². The maximum atomic E-state index is 9.88. The molecule has 0 heterocycles. The summed E-state index contributed by atoms with van der Waals surface area (Å²) in [6.07, 6.45) is 3.05. The molecule has 2 nitrogen and oxygen atoms in total. The van der Waals surface area contributed by atoms with Gasteiger partial charge in [0.2, 0.25) is 0 Å². The van der Waals surface area contributed by atoms with Gasteiger partial charge in [0.25, 0.3) is 0 Å². The van der Waals surface area contributed by atoms with Crippen molar-refractivity contribution in [3.63, 3.8) is 0 Å². The molecule has 20 heavy (non-hydrogen) atoms. The van der Waals surface area contributed by atoms with Crippen molar-refractivity contribution in [2.24, 2.45) is 0 Å². The topological polar surface area (TPSA) is 32.3 Å². The minimum atomic E-state index is 0.361. The number of phenols is 1. The van der Waals surface area contributed by atoms with Crippen molar-refractivity contribution in [2.45, 2.75) is 38.3 Å². The lowest BCUT2D eigenvalue weighted by Crippen LogP contribution is -2.36. The van der Waals surface area contributed by atoms with Crippen LogP contribution in [0.3, 0.4) is 0 Å². The van der Waals surface area contributed by atoms with Crippen LogP contribution in [0.15, 0.2) is 48.5 Å². The molecular weight excluding hydrogens is 246 g/mol. The summed E-state index contributed by atoms with van der Waals surface area (Å²) in [5.41, 5.74) is 3.75. The first-order valence-corrected chi connectivity index (χ1v) is 7.35. The molecule has 0 saturated heterocycles. The van der Waals surface area contributed by atoms with Crippen molar-refractivity contribution in [2.75, 3.05) is 0 Å². The van der Waals surface area contributed by atoms with Gasteiger partial charge >= 0.3 is 0 Å². The molecular formula is C18H21NO. The van der Waals surface area contributed by atoms with Gasteiger partial charge in [-0.25, -0.2) is 0 Å². The minimum Gasteiger partial charge on any atom is -0.508 e. The summed E-state index contributed by atoms with van der Waals surface area (Å²) in [7, 11) is 0. The van der Waals surface area contributed by atoms with E-state index in [4.69, 9.17) is 0 Å². The van der Waals surface area contributed by atoms with Gasteiger partial charge in [-0.1, -0.05) is 42.5 Å². The smallest absolute Gasteiger partial charge is 0.119 e. The van der Waals surface area contributed by atoms with Gasteiger partial charge in [0, 0.05) is 12.1 Å². The maximum Gasteiger partial charge on any atom is 0.119 e. The van der Waals surface area contributed by atoms with Gasteiger partial charge in [-0.3, -0.25) is 0 Å². The first kappa shape index (κ1) is 13.2. The average molecular weight is 267 g/mol. The van der Waals surface area contributed by atoms with Crippen molar-refractivity contribution in [1.29, 1.82) is 0 Å². The fraction of sp³-hybridized carbons (Fsp3) is 0.333. The summed E-state index contributed by atoms with van der Waals surface area (Å²) in [6.45, 7) is 2.22. The minimum absolute atomic E-state index is 0.361. The number of hydrogen-bond donors (Lipinski definition) is 2. The summed E-state index contributed by atoms with van der Waals surface area (Å²) in [4.78, 5) is 0. The van der Waals surface area contributed by atoms with Crippen LogP contribution in [0.5, 0.6) is 5.75 Å². The molecule has 1 aliphatic rings. The molecule has 3 rings (SSSR count). The SMILES string of the molecule is C[C@H](NC1CCc2c(O)cccc2C1)c1ccccc1. The predicted octanol–water partition coefficient (Wildman–Crippen LogP) is 3.60. The summed E-state index contributed by atoms with van der Waals surface area (Å²) >= 11 is 0. The van der Waals surface area contributed by atoms with Crippen LogP contribution >= 0.6 is 0 Å². The van der Waals surface area contributed by atoms with E-state index < -0.39 is 0 Å². The Kier molecular flexibility index (Phi) is 3.75. The van der Waals surface area contributed by atoms with Crippen LogP contribution < -0.4 is 5.32 Å². The molecule has 2 heteroatoms. The molecule has 0 aromatic heterocycles. The fourth-order valence-corrected chi connectivity index (χ4v) is 3.12. The van der Waals surface area contributed by atoms with Crippen LogP contribution in [-0.4, -0.2) is 11.1 Å². The second-order valence-electron chi connectivity index (χ2n) is 5.65. The molecule has 1 unspecified atom stereocenters. The third-order valence-electron chi connectivity index (χ3n) is 4.24. The Hall–Kier alpha value is -1.80. The molecule has 2 aromatic rings. The second kappa shape index (κ2) is 5.68. The van der Waals surface area contributed by atoms with Crippen molar-refractivity contribution in [1.82, 2.24) is 5.32 Å². The molecule has 0 bridgehead atoms. The van der Waals surface area contributed by atoms with E-state index in [0.717, 1.165) is 24.8 Å². The van der Waals surface area contributed by atoms with E-state index in [2.05, 4.69) is 48.6 Å². The van der Waals surface area contributed by atoms with Crippen LogP contribution in [0, 0.1) is 0 Å². The van der Waals surface area contributed by atoms with Gasteiger partial charge in [0.15, 0.2) is 0 Å². The molecule has 0 amide bonds. The zero-order valence-corrected chi connectivity index (χ0v) is 11.8. The lowest BCUT2D eigenvalue weighted by molar-refractivity contribution is 0.402. The van der Waals surface area contributed by atoms with Gasteiger partial charge < -0.3 is 10.4 Å². The second-order valence-corrected chi connectivity index (χ2v) is 5.65. The average Bonchev–Trinajstić information content (AvgIpc) is 2.48. The number of phenolic OH excluding ortho intramolecular Hbond substituents is 1. The van der Waals surface area contributed by atoms with Gasteiger partial charge in [-0.15, -0.1) is 0 Å². The maximum absolute atomic E-state index is 9.88. The number of aromatic hydroxyl groups is 1. The van der Waals surface area contributed by atoms with E-state index in [1.807, 2.05) is 6.07 Å². The summed E-state index contributed by atoms with van der Waals surface area (Å²) in [6, 6.07) is 17.3. The first-order chi connectivity index (χ1) is 9.74. The van der Waals surface area contributed by atoms with Gasteiger partial charge in [-0.2, -0.15) is 0 Å². The van der Waals surface area contributed by atoms with Gasteiger partial charge in [0.1, 0.15) is 5.75 Å². The van der Waals surface area contributed by atoms with Gasteiger partial charge in [-0.05, 0) is 48.9 Å².